The summed E-state index contributed by atoms with van der Waals surface area (Å²) in [6.45, 7) is 3.63. The molecular formula is C19H22N2O. The highest BCUT2D eigenvalue weighted by atomic mass is 16.3. The van der Waals surface area contributed by atoms with Gasteiger partial charge in [-0.1, -0.05) is 54.6 Å². The van der Waals surface area contributed by atoms with Gasteiger partial charge in [-0.3, -0.25) is 4.99 Å². The molecule has 0 fully saturated rings. The normalized spacial score (nSPS) is 17.8. The molecule has 1 aliphatic heterocycles. The lowest BCUT2D eigenvalue weighted by atomic mass is 9.82. The first kappa shape index (κ1) is 14.8. The molecule has 0 spiro atoms. The standard InChI is InChI=1S/C19H22N2O/c1-15-9-5-6-12-17(15)19(22,16-10-3-2-4-11-16)18-20-13-7-8-14-21-18/h2-6,9-12,22H,7-8,13-14H2,1H3,(H,20,21). The smallest absolute Gasteiger partial charge is 0.172 e. The fourth-order valence-electron chi connectivity index (χ4n) is 3.01. The second-order valence-corrected chi connectivity index (χ2v) is 5.76. The Bertz CT molecular complexity index is 666. The summed E-state index contributed by atoms with van der Waals surface area (Å²) in [5, 5.41) is 15.0. The highest BCUT2D eigenvalue weighted by Crippen LogP contribution is 2.33. The van der Waals surface area contributed by atoms with Crippen molar-refractivity contribution >= 4 is 5.84 Å². The van der Waals surface area contributed by atoms with Crippen molar-refractivity contribution in [3.8, 4) is 0 Å². The minimum absolute atomic E-state index is 0.658. The first-order valence-corrected chi connectivity index (χ1v) is 7.86. The van der Waals surface area contributed by atoms with Crippen LogP contribution in [0.1, 0.15) is 29.5 Å². The third-order valence-electron chi connectivity index (χ3n) is 4.22. The number of aliphatic hydroxyl groups is 1. The zero-order valence-corrected chi connectivity index (χ0v) is 12.9. The van der Waals surface area contributed by atoms with E-state index in [1.807, 2.05) is 61.5 Å². The quantitative estimate of drug-likeness (QED) is 0.914. The van der Waals surface area contributed by atoms with Crippen LogP contribution in [0.4, 0.5) is 0 Å². The number of hydrogen-bond acceptors (Lipinski definition) is 3. The molecule has 22 heavy (non-hydrogen) atoms. The highest BCUT2D eigenvalue weighted by molar-refractivity contribution is 5.95. The number of nitrogens with one attached hydrogen (secondary N) is 1. The maximum Gasteiger partial charge on any atom is 0.172 e. The number of rotatable bonds is 3. The van der Waals surface area contributed by atoms with Gasteiger partial charge in [-0.25, -0.2) is 0 Å². The van der Waals surface area contributed by atoms with Gasteiger partial charge in [0.15, 0.2) is 5.60 Å². The number of benzene rings is 2. The molecule has 1 unspecified atom stereocenters. The van der Waals surface area contributed by atoms with Gasteiger partial charge in [-0.2, -0.15) is 0 Å². The number of aliphatic imine (C=N–C) groups is 1. The summed E-state index contributed by atoms with van der Waals surface area (Å²) in [5.74, 6) is 0.658. The van der Waals surface area contributed by atoms with Crippen molar-refractivity contribution in [3.05, 3.63) is 71.3 Å². The molecule has 0 bridgehead atoms. The maximum atomic E-state index is 11.7. The van der Waals surface area contributed by atoms with Crippen LogP contribution in [0.15, 0.2) is 59.6 Å². The lowest BCUT2D eigenvalue weighted by Crippen LogP contribution is -2.46. The fraction of sp³-hybridized carbons (Fsp3) is 0.316. The summed E-state index contributed by atoms with van der Waals surface area (Å²) in [4.78, 5) is 4.64. The van der Waals surface area contributed by atoms with Crippen LogP contribution in [0, 0.1) is 6.92 Å². The molecule has 0 aromatic heterocycles. The molecular weight excluding hydrogens is 272 g/mol. The maximum absolute atomic E-state index is 11.7. The first-order valence-electron chi connectivity index (χ1n) is 7.86. The molecule has 3 heteroatoms. The number of aryl methyl sites for hydroxylation is 1. The summed E-state index contributed by atoms with van der Waals surface area (Å²) < 4.78 is 0. The van der Waals surface area contributed by atoms with E-state index in [0.29, 0.717) is 5.84 Å². The predicted octanol–water partition coefficient (Wildman–Crippen LogP) is 3.01. The van der Waals surface area contributed by atoms with Crippen LogP contribution in [-0.4, -0.2) is 24.0 Å². The Balaban J connectivity index is 2.18. The summed E-state index contributed by atoms with van der Waals surface area (Å²) >= 11 is 0. The lowest BCUT2D eigenvalue weighted by molar-refractivity contribution is 0.150. The van der Waals surface area contributed by atoms with Gasteiger partial charge >= 0.3 is 0 Å². The Morgan fingerprint density at radius 2 is 1.73 bits per heavy atom. The van der Waals surface area contributed by atoms with Crippen LogP contribution in [0.3, 0.4) is 0 Å². The molecule has 1 heterocycles. The van der Waals surface area contributed by atoms with Crippen molar-refractivity contribution in [2.24, 2.45) is 4.99 Å². The van der Waals surface area contributed by atoms with E-state index in [2.05, 4.69) is 10.3 Å². The van der Waals surface area contributed by atoms with E-state index in [0.717, 1.165) is 42.6 Å². The van der Waals surface area contributed by atoms with Crippen LogP contribution < -0.4 is 5.32 Å². The fourth-order valence-corrected chi connectivity index (χ4v) is 3.01. The number of nitrogens with zero attached hydrogens (tertiary/aromatic N) is 1. The molecule has 0 saturated carbocycles. The van der Waals surface area contributed by atoms with Crippen molar-refractivity contribution in [1.29, 1.82) is 0 Å². The molecule has 3 rings (SSSR count). The minimum atomic E-state index is -1.23. The van der Waals surface area contributed by atoms with E-state index in [1.54, 1.807) is 0 Å². The van der Waals surface area contributed by atoms with Gasteiger partial charge in [0.05, 0.1) is 0 Å². The van der Waals surface area contributed by atoms with Gasteiger partial charge in [0, 0.05) is 13.1 Å². The van der Waals surface area contributed by atoms with Crippen LogP contribution in [-0.2, 0) is 5.60 Å². The van der Waals surface area contributed by atoms with E-state index < -0.39 is 5.60 Å². The van der Waals surface area contributed by atoms with Gasteiger partial charge in [0.1, 0.15) is 5.84 Å². The zero-order valence-electron chi connectivity index (χ0n) is 12.9. The Kier molecular flexibility index (Phi) is 4.25. The topological polar surface area (TPSA) is 44.6 Å². The molecule has 114 valence electrons. The van der Waals surface area contributed by atoms with Crippen LogP contribution in [0.25, 0.3) is 0 Å². The Labute approximate surface area is 131 Å². The summed E-state index contributed by atoms with van der Waals surface area (Å²) in [5.41, 5.74) is 1.56. The molecule has 2 N–H and O–H groups in total. The van der Waals surface area contributed by atoms with E-state index in [1.165, 1.54) is 0 Å². The van der Waals surface area contributed by atoms with Gasteiger partial charge < -0.3 is 10.4 Å². The van der Waals surface area contributed by atoms with E-state index in [9.17, 15) is 5.11 Å². The minimum Gasteiger partial charge on any atom is -0.373 e. The van der Waals surface area contributed by atoms with Crippen LogP contribution in [0.2, 0.25) is 0 Å². The third-order valence-corrected chi connectivity index (χ3v) is 4.22. The molecule has 0 radical (unpaired) electrons. The SMILES string of the molecule is Cc1ccccc1C(O)(C1=NCCCCN1)c1ccccc1. The zero-order chi connectivity index (χ0) is 15.4. The Morgan fingerprint density at radius 3 is 2.50 bits per heavy atom. The molecule has 0 saturated heterocycles. The third kappa shape index (κ3) is 2.64. The highest BCUT2D eigenvalue weighted by Gasteiger charge is 2.38. The largest absolute Gasteiger partial charge is 0.373 e. The van der Waals surface area contributed by atoms with Crippen molar-refractivity contribution in [1.82, 2.24) is 5.32 Å². The summed E-state index contributed by atoms with van der Waals surface area (Å²) in [6.07, 6.45) is 2.13. The molecule has 2 aromatic carbocycles. The van der Waals surface area contributed by atoms with Crippen molar-refractivity contribution in [2.75, 3.05) is 13.1 Å². The van der Waals surface area contributed by atoms with Gasteiger partial charge in [0.2, 0.25) is 0 Å². The molecule has 0 aliphatic carbocycles. The second-order valence-electron chi connectivity index (χ2n) is 5.76. The van der Waals surface area contributed by atoms with Crippen LogP contribution >= 0.6 is 0 Å². The molecule has 1 aliphatic rings. The summed E-state index contributed by atoms with van der Waals surface area (Å²) in [6, 6.07) is 17.8. The van der Waals surface area contributed by atoms with Crippen molar-refractivity contribution in [3.63, 3.8) is 0 Å². The number of amidine groups is 1. The number of hydrogen-bond donors (Lipinski definition) is 2. The average molecular weight is 294 g/mol. The predicted molar refractivity (Wildman–Crippen MR) is 90.2 cm³/mol. The Hall–Kier alpha value is -2.13. The van der Waals surface area contributed by atoms with Crippen molar-refractivity contribution < 1.29 is 5.11 Å². The molecule has 2 aromatic rings. The van der Waals surface area contributed by atoms with Gasteiger partial charge in [-0.05, 0) is 36.5 Å². The van der Waals surface area contributed by atoms with Crippen LogP contribution in [0.5, 0.6) is 0 Å². The summed E-state index contributed by atoms with van der Waals surface area (Å²) in [7, 11) is 0. The van der Waals surface area contributed by atoms with E-state index in [-0.39, 0.29) is 0 Å². The average Bonchev–Trinajstić information content (AvgIpc) is 2.85. The van der Waals surface area contributed by atoms with Gasteiger partial charge in [0.25, 0.3) is 0 Å². The lowest BCUT2D eigenvalue weighted by Gasteiger charge is -2.32. The molecule has 3 nitrogen and oxygen atoms in total. The first-order chi connectivity index (χ1) is 10.7. The molecule has 0 amide bonds. The molecule has 1 atom stereocenters. The van der Waals surface area contributed by atoms with Gasteiger partial charge in [-0.15, -0.1) is 0 Å². The monoisotopic (exact) mass is 294 g/mol. The second kappa shape index (κ2) is 6.32. The Morgan fingerprint density at radius 1 is 1.00 bits per heavy atom. The van der Waals surface area contributed by atoms with Crippen molar-refractivity contribution in [2.45, 2.75) is 25.4 Å². The van der Waals surface area contributed by atoms with E-state index >= 15 is 0 Å². The van der Waals surface area contributed by atoms with E-state index in [4.69, 9.17) is 0 Å².